The molecule has 0 radical (unpaired) electrons. The van der Waals surface area contributed by atoms with Crippen LogP contribution in [0.15, 0.2) is 18.2 Å². The maximum Gasteiger partial charge on any atom is 0.513 e. The number of rotatable bonds is 11. The number of nitrogens with two attached hydrogens (primary N) is 1. The van der Waals surface area contributed by atoms with Gasteiger partial charge in [0.25, 0.3) is 0 Å². The minimum absolute atomic E-state index is 0.00517. The van der Waals surface area contributed by atoms with Crippen LogP contribution in [0, 0.1) is 0 Å². The van der Waals surface area contributed by atoms with Crippen LogP contribution in [-0.2, 0) is 23.7 Å². The molecular weight excluding hydrogens is 442 g/mol. The first-order chi connectivity index (χ1) is 15.6. The summed E-state index contributed by atoms with van der Waals surface area (Å²) in [6, 6.07) is 2.58. The van der Waals surface area contributed by atoms with E-state index in [1.165, 1.54) is 18.2 Å². The summed E-state index contributed by atoms with van der Waals surface area (Å²) in [7, 11) is 2.17. The quantitative estimate of drug-likeness (QED) is 0.209. The number of carbonyl (C=O) groups excluding carboxylic acids is 3. The van der Waals surface area contributed by atoms with Gasteiger partial charge in [-0.25, -0.2) is 14.4 Å². The van der Waals surface area contributed by atoms with Crippen molar-refractivity contribution in [1.82, 2.24) is 0 Å². The smallest absolute Gasteiger partial charge is 0.480 e. The summed E-state index contributed by atoms with van der Waals surface area (Å²) in [5.74, 6) is -2.60. The van der Waals surface area contributed by atoms with Gasteiger partial charge in [0, 0.05) is 5.92 Å². The Morgan fingerprint density at radius 2 is 1.61 bits per heavy atom. The Morgan fingerprint density at radius 3 is 2.15 bits per heavy atom. The molecule has 0 aliphatic heterocycles. The molecule has 0 saturated carbocycles. The summed E-state index contributed by atoms with van der Waals surface area (Å²) < 4.78 is 28.9. The van der Waals surface area contributed by atoms with E-state index in [1.54, 1.807) is 6.92 Å². The number of benzene rings is 1. The van der Waals surface area contributed by atoms with E-state index in [-0.39, 0.29) is 24.5 Å². The molecule has 0 fully saturated rings. The number of carbonyl (C=O) groups is 4. The number of unbranched alkanes of at least 4 members (excludes halogenated alkanes) is 1. The minimum Gasteiger partial charge on any atom is -0.480 e. The van der Waals surface area contributed by atoms with E-state index < -0.39 is 42.5 Å². The van der Waals surface area contributed by atoms with E-state index >= 15 is 0 Å². The fourth-order valence-corrected chi connectivity index (χ4v) is 2.75. The molecule has 12 heteroatoms. The van der Waals surface area contributed by atoms with Gasteiger partial charge in [-0.1, -0.05) is 19.4 Å². The first kappa shape index (κ1) is 27.5. The predicted octanol–water partition coefficient (Wildman–Crippen LogP) is 3.20. The number of carboxylic acid groups (broad SMARTS) is 1. The zero-order valence-electron chi connectivity index (χ0n) is 18.9. The molecule has 0 aliphatic rings. The van der Waals surface area contributed by atoms with Crippen LogP contribution in [0.4, 0.5) is 14.4 Å². The van der Waals surface area contributed by atoms with Crippen molar-refractivity contribution in [2.24, 2.45) is 5.73 Å². The number of hydrogen-bond donors (Lipinski definition) is 2. The van der Waals surface area contributed by atoms with Crippen LogP contribution < -0.4 is 15.2 Å². The lowest BCUT2D eigenvalue weighted by atomic mass is 9.87. The Morgan fingerprint density at radius 1 is 1.00 bits per heavy atom. The minimum atomic E-state index is -1.40. The van der Waals surface area contributed by atoms with Crippen LogP contribution in [-0.4, -0.2) is 62.5 Å². The molecule has 184 valence electrons. The Balaban J connectivity index is 3.17. The van der Waals surface area contributed by atoms with E-state index in [0.717, 1.165) is 20.6 Å². The van der Waals surface area contributed by atoms with Gasteiger partial charge in [-0.15, -0.1) is 0 Å². The summed E-state index contributed by atoms with van der Waals surface area (Å²) in [6.07, 6.45) is -2.29. The van der Waals surface area contributed by atoms with Crippen molar-refractivity contribution < 1.29 is 52.7 Å². The number of aliphatic carboxylic acids is 1. The van der Waals surface area contributed by atoms with Gasteiger partial charge < -0.3 is 39.3 Å². The third-order valence-corrected chi connectivity index (χ3v) is 4.44. The first-order valence-electron chi connectivity index (χ1n) is 10.1. The second-order valence-corrected chi connectivity index (χ2v) is 6.91. The standard InChI is InChI=1S/C21H29NO11/c1-5-6-9-30-21(27)31-12(2)10-14(17(22)18(23)24)13-7-8-15(32-19(25)28-3)16(11-13)33-20(26)29-4/h7-8,11-12,14,17H,5-6,9-10,22H2,1-4H3,(H,23,24)/t12?,14?,17-/m0/s1. The molecule has 0 spiro atoms. The molecule has 0 amide bonds. The fourth-order valence-electron chi connectivity index (χ4n) is 2.75. The van der Waals surface area contributed by atoms with Crippen LogP contribution in [0.5, 0.6) is 11.5 Å². The van der Waals surface area contributed by atoms with Crippen molar-refractivity contribution in [2.75, 3.05) is 20.8 Å². The maximum absolute atomic E-state index is 11.8. The average molecular weight is 471 g/mol. The molecule has 3 N–H and O–H groups in total. The molecule has 0 saturated heterocycles. The average Bonchev–Trinajstić information content (AvgIpc) is 2.77. The highest BCUT2D eigenvalue weighted by atomic mass is 16.7. The van der Waals surface area contributed by atoms with Crippen molar-refractivity contribution in [2.45, 2.75) is 51.2 Å². The predicted molar refractivity (Wildman–Crippen MR) is 112 cm³/mol. The van der Waals surface area contributed by atoms with Crippen molar-refractivity contribution in [3.05, 3.63) is 23.8 Å². The highest BCUT2D eigenvalue weighted by Gasteiger charge is 2.30. The van der Waals surface area contributed by atoms with Crippen molar-refractivity contribution in [3.63, 3.8) is 0 Å². The van der Waals surface area contributed by atoms with Gasteiger partial charge in [-0.3, -0.25) is 4.79 Å². The number of carboxylic acids is 1. The lowest BCUT2D eigenvalue weighted by molar-refractivity contribution is -0.139. The Kier molecular flexibility index (Phi) is 11.5. The molecule has 0 aromatic heterocycles. The monoisotopic (exact) mass is 471 g/mol. The molecule has 2 unspecified atom stereocenters. The lowest BCUT2D eigenvalue weighted by Gasteiger charge is -2.25. The van der Waals surface area contributed by atoms with Crippen molar-refractivity contribution in [1.29, 1.82) is 0 Å². The van der Waals surface area contributed by atoms with Crippen LogP contribution >= 0.6 is 0 Å². The molecule has 0 aliphatic carbocycles. The van der Waals surface area contributed by atoms with E-state index in [0.29, 0.717) is 12.0 Å². The largest absolute Gasteiger partial charge is 0.513 e. The normalized spacial score (nSPS) is 13.1. The van der Waals surface area contributed by atoms with Crippen LogP contribution in [0.3, 0.4) is 0 Å². The number of methoxy groups -OCH3 is 2. The highest BCUT2D eigenvalue weighted by molar-refractivity contribution is 5.75. The van der Waals surface area contributed by atoms with Crippen LogP contribution in [0.2, 0.25) is 0 Å². The molecule has 0 heterocycles. The van der Waals surface area contributed by atoms with E-state index in [4.69, 9.17) is 24.7 Å². The van der Waals surface area contributed by atoms with Crippen LogP contribution in [0.1, 0.15) is 44.6 Å². The molecule has 33 heavy (non-hydrogen) atoms. The molecule has 12 nitrogen and oxygen atoms in total. The molecule has 1 aromatic carbocycles. The second-order valence-electron chi connectivity index (χ2n) is 6.91. The topological polar surface area (TPSA) is 170 Å². The van der Waals surface area contributed by atoms with E-state index in [2.05, 4.69) is 9.47 Å². The molecular formula is C21H29NO11. The van der Waals surface area contributed by atoms with Gasteiger partial charge in [-0.2, -0.15) is 0 Å². The zero-order valence-corrected chi connectivity index (χ0v) is 18.9. The van der Waals surface area contributed by atoms with E-state index in [1.807, 2.05) is 6.92 Å². The zero-order chi connectivity index (χ0) is 25.0. The van der Waals surface area contributed by atoms with Crippen LogP contribution in [0.25, 0.3) is 0 Å². The Hall–Kier alpha value is -3.54. The molecule has 3 atom stereocenters. The summed E-state index contributed by atoms with van der Waals surface area (Å²) in [5, 5.41) is 9.46. The third kappa shape index (κ3) is 9.23. The number of ether oxygens (including phenoxy) is 6. The fraction of sp³-hybridized carbons (Fsp3) is 0.524. The summed E-state index contributed by atoms with van der Waals surface area (Å²) in [6.45, 7) is 3.70. The highest BCUT2D eigenvalue weighted by Crippen LogP contribution is 2.35. The van der Waals surface area contributed by atoms with Gasteiger partial charge in [0.15, 0.2) is 11.5 Å². The third-order valence-electron chi connectivity index (χ3n) is 4.44. The summed E-state index contributed by atoms with van der Waals surface area (Å²) >= 11 is 0. The van der Waals surface area contributed by atoms with Gasteiger partial charge in [0.05, 0.1) is 20.8 Å². The Bertz CT molecular complexity index is 826. The lowest BCUT2D eigenvalue weighted by Crippen LogP contribution is -2.38. The van der Waals surface area contributed by atoms with Gasteiger partial charge in [0.1, 0.15) is 12.1 Å². The molecule has 1 rings (SSSR count). The first-order valence-corrected chi connectivity index (χ1v) is 10.1. The summed E-state index contributed by atoms with van der Waals surface area (Å²) in [5.41, 5.74) is 6.19. The van der Waals surface area contributed by atoms with Gasteiger partial charge in [0.2, 0.25) is 0 Å². The van der Waals surface area contributed by atoms with Crippen molar-refractivity contribution >= 4 is 24.4 Å². The Labute approximate surface area is 190 Å². The summed E-state index contributed by atoms with van der Waals surface area (Å²) in [4.78, 5) is 46.5. The molecule has 0 bridgehead atoms. The second kappa shape index (κ2) is 13.8. The van der Waals surface area contributed by atoms with Gasteiger partial charge >= 0.3 is 24.4 Å². The molecule has 1 aromatic rings. The maximum atomic E-state index is 11.8. The van der Waals surface area contributed by atoms with Gasteiger partial charge in [-0.05, 0) is 37.5 Å². The SMILES string of the molecule is CCCCOC(=O)OC(C)CC(c1ccc(OC(=O)OC)c(OC(=O)OC)c1)[C@H](N)C(=O)O. The van der Waals surface area contributed by atoms with Crippen molar-refractivity contribution in [3.8, 4) is 11.5 Å². The van der Waals surface area contributed by atoms with E-state index in [9.17, 15) is 24.3 Å². The number of hydrogen-bond acceptors (Lipinski definition) is 11.